The first-order valence-corrected chi connectivity index (χ1v) is 5.97. The molecule has 0 aliphatic rings. The van der Waals surface area contributed by atoms with Gasteiger partial charge in [0, 0.05) is 0 Å². The summed E-state index contributed by atoms with van der Waals surface area (Å²) in [7, 11) is -3.98. The van der Waals surface area contributed by atoms with E-state index in [1.54, 1.807) is 0 Å². The van der Waals surface area contributed by atoms with E-state index in [0.29, 0.717) is 12.3 Å². The van der Waals surface area contributed by atoms with Gasteiger partial charge in [-0.25, -0.2) is 0 Å². The van der Waals surface area contributed by atoms with Gasteiger partial charge in [0.15, 0.2) is 0 Å². The standard InChI is InChI=1S/C8H17O3S/c1-3-5-8(2)6-4-7-12(9,10)11/h8H,3-7H2,1-2H3. The van der Waals surface area contributed by atoms with E-state index >= 15 is 0 Å². The summed E-state index contributed by atoms with van der Waals surface area (Å²) in [5.41, 5.74) is 0. The van der Waals surface area contributed by atoms with Crippen molar-refractivity contribution in [2.24, 2.45) is 5.92 Å². The molecule has 0 rings (SSSR count). The maximum absolute atomic E-state index is 10.2. The van der Waals surface area contributed by atoms with Crippen LogP contribution in [-0.2, 0) is 14.7 Å². The fourth-order valence-corrected chi connectivity index (χ4v) is 1.77. The predicted octanol–water partition coefficient (Wildman–Crippen LogP) is 1.96. The molecular weight excluding hydrogens is 176 g/mol. The molecule has 1 atom stereocenters. The Balaban J connectivity index is 3.44. The fourth-order valence-electron chi connectivity index (χ4n) is 1.25. The molecule has 0 aliphatic heterocycles. The second-order valence-corrected chi connectivity index (χ2v) is 4.82. The molecule has 0 N–H and O–H groups in total. The van der Waals surface area contributed by atoms with Crippen molar-refractivity contribution in [3.05, 3.63) is 0 Å². The second-order valence-electron chi connectivity index (χ2n) is 3.30. The molecule has 0 bridgehead atoms. The van der Waals surface area contributed by atoms with E-state index in [0.717, 1.165) is 19.3 Å². The largest absolute Gasteiger partial charge is 0.294 e. The van der Waals surface area contributed by atoms with Crippen molar-refractivity contribution in [1.29, 1.82) is 0 Å². The van der Waals surface area contributed by atoms with Crippen molar-refractivity contribution in [1.82, 2.24) is 0 Å². The summed E-state index contributed by atoms with van der Waals surface area (Å²) in [6.07, 6.45) is 3.58. The van der Waals surface area contributed by atoms with Gasteiger partial charge in [-0.3, -0.25) is 0 Å². The minimum atomic E-state index is -3.98. The van der Waals surface area contributed by atoms with Gasteiger partial charge in [0.2, 0.25) is 0 Å². The molecule has 3 nitrogen and oxygen atoms in total. The van der Waals surface area contributed by atoms with Crippen LogP contribution in [0.5, 0.6) is 0 Å². The highest BCUT2D eigenvalue weighted by Crippen LogP contribution is 2.12. The van der Waals surface area contributed by atoms with E-state index < -0.39 is 10.1 Å². The van der Waals surface area contributed by atoms with Gasteiger partial charge < -0.3 is 0 Å². The van der Waals surface area contributed by atoms with Crippen molar-refractivity contribution in [2.45, 2.75) is 39.5 Å². The summed E-state index contributed by atoms with van der Waals surface area (Å²) in [5, 5.41) is 0. The molecule has 12 heavy (non-hydrogen) atoms. The molecule has 0 amide bonds. The van der Waals surface area contributed by atoms with Crippen LogP contribution in [0.15, 0.2) is 0 Å². The van der Waals surface area contributed by atoms with Gasteiger partial charge in [0.05, 0.1) is 5.75 Å². The molecular formula is C8H17O3S. The van der Waals surface area contributed by atoms with Crippen molar-refractivity contribution in [3.63, 3.8) is 0 Å². The Bertz CT molecular complexity index is 196. The molecule has 0 fully saturated rings. The lowest BCUT2D eigenvalue weighted by Crippen LogP contribution is -2.04. The lowest BCUT2D eigenvalue weighted by molar-refractivity contribution is 0.407. The molecule has 0 aliphatic carbocycles. The van der Waals surface area contributed by atoms with Gasteiger partial charge in [-0.15, -0.1) is 0 Å². The third kappa shape index (κ3) is 8.01. The average molecular weight is 193 g/mol. The molecule has 0 aromatic heterocycles. The molecule has 4 heteroatoms. The van der Waals surface area contributed by atoms with Crippen molar-refractivity contribution in [2.75, 3.05) is 5.75 Å². The van der Waals surface area contributed by atoms with E-state index in [-0.39, 0.29) is 5.75 Å². The summed E-state index contributed by atoms with van der Waals surface area (Å²) in [6, 6.07) is 0. The van der Waals surface area contributed by atoms with Crippen molar-refractivity contribution < 1.29 is 13.0 Å². The number of hydrogen-bond acceptors (Lipinski definition) is 2. The Labute approximate surface area is 74.9 Å². The fraction of sp³-hybridized carbons (Fsp3) is 1.00. The molecule has 0 aromatic rings. The van der Waals surface area contributed by atoms with Crippen LogP contribution in [0.2, 0.25) is 0 Å². The molecule has 0 aromatic carbocycles. The summed E-state index contributed by atoms with van der Waals surface area (Å²) < 4.78 is 30.6. The Morgan fingerprint density at radius 2 is 1.83 bits per heavy atom. The SMILES string of the molecule is CCCC(C)CCCS([O])(=O)=O. The molecule has 73 valence electrons. The quantitative estimate of drug-likeness (QED) is 0.647. The van der Waals surface area contributed by atoms with Gasteiger partial charge in [-0.05, 0) is 18.8 Å². The summed E-state index contributed by atoms with van der Waals surface area (Å²) in [4.78, 5) is 0. The lowest BCUT2D eigenvalue weighted by Gasteiger charge is -2.07. The van der Waals surface area contributed by atoms with Crippen LogP contribution in [0.1, 0.15) is 39.5 Å². The van der Waals surface area contributed by atoms with Crippen LogP contribution >= 0.6 is 0 Å². The zero-order chi connectivity index (χ0) is 9.61. The molecule has 0 heterocycles. The molecule has 1 radical (unpaired) electrons. The first kappa shape index (κ1) is 11.9. The van der Waals surface area contributed by atoms with Crippen molar-refractivity contribution >= 4 is 10.1 Å². The minimum absolute atomic E-state index is 0.207. The van der Waals surface area contributed by atoms with Gasteiger partial charge in [0.1, 0.15) is 0 Å². The van der Waals surface area contributed by atoms with E-state index in [4.69, 9.17) is 0 Å². The van der Waals surface area contributed by atoms with Gasteiger partial charge in [-0.1, -0.05) is 31.2 Å². The first-order valence-electron chi connectivity index (χ1n) is 4.39. The highest BCUT2D eigenvalue weighted by Gasteiger charge is 2.07. The first-order chi connectivity index (χ1) is 5.45. The summed E-state index contributed by atoms with van der Waals surface area (Å²) in [5.74, 6) is 0.331. The van der Waals surface area contributed by atoms with E-state index in [2.05, 4.69) is 13.8 Å². The molecule has 0 spiro atoms. The van der Waals surface area contributed by atoms with E-state index in [1.807, 2.05) is 0 Å². The Morgan fingerprint density at radius 1 is 1.25 bits per heavy atom. The second kappa shape index (κ2) is 5.54. The Hall–Kier alpha value is -0.0900. The van der Waals surface area contributed by atoms with E-state index in [1.165, 1.54) is 0 Å². The normalized spacial score (nSPS) is 14.6. The molecule has 0 saturated heterocycles. The van der Waals surface area contributed by atoms with Crippen LogP contribution in [0.3, 0.4) is 0 Å². The monoisotopic (exact) mass is 193 g/mol. The zero-order valence-corrected chi connectivity index (χ0v) is 8.56. The van der Waals surface area contributed by atoms with Crippen LogP contribution in [0.25, 0.3) is 0 Å². The lowest BCUT2D eigenvalue weighted by atomic mass is 10.0. The number of rotatable bonds is 6. The number of hydrogen-bond donors (Lipinski definition) is 0. The summed E-state index contributed by atoms with van der Waals surface area (Å²) >= 11 is 0. The Morgan fingerprint density at radius 3 is 2.25 bits per heavy atom. The van der Waals surface area contributed by atoms with Gasteiger partial charge >= 0.3 is 0 Å². The third-order valence-corrected chi connectivity index (χ3v) is 2.66. The highest BCUT2D eigenvalue weighted by molar-refractivity contribution is 7.85. The maximum Gasteiger partial charge on any atom is 0.294 e. The van der Waals surface area contributed by atoms with Crippen LogP contribution in [0.4, 0.5) is 0 Å². The molecule has 1 unspecified atom stereocenters. The minimum Gasteiger partial charge on any atom is -0.197 e. The molecule has 0 saturated carbocycles. The van der Waals surface area contributed by atoms with E-state index in [9.17, 15) is 13.0 Å². The van der Waals surface area contributed by atoms with Crippen LogP contribution in [-0.4, -0.2) is 14.2 Å². The highest BCUT2D eigenvalue weighted by atomic mass is 32.2. The van der Waals surface area contributed by atoms with Gasteiger partial charge in [-0.2, -0.15) is 8.42 Å². The van der Waals surface area contributed by atoms with Crippen LogP contribution in [0, 0.1) is 5.92 Å². The average Bonchev–Trinajstić information content (AvgIpc) is 1.84. The smallest absolute Gasteiger partial charge is 0.197 e. The third-order valence-electron chi connectivity index (χ3n) is 1.87. The summed E-state index contributed by atoms with van der Waals surface area (Å²) in [6.45, 7) is 4.18. The Kier molecular flexibility index (Phi) is 5.50. The maximum atomic E-state index is 10.2. The predicted molar refractivity (Wildman–Crippen MR) is 47.8 cm³/mol. The topological polar surface area (TPSA) is 54.0 Å². The zero-order valence-electron chi connectivity index (χ0n) is 7.75. The van der Waals surface area contributed by atoms with Crippen molar-refractivity contribution in [3.8, 4) is 0 Å². The van der Waals surface area contributed by atoms with Gasteiger partial charge in [0.25, 0.3) is 10.1 Å². The van der Waals surface area contributed by atoms with Crippen LogP contribution < -0.4 is 0 Å².